The number of amides is 1. The first-order valence-corrected chi connectivity index (χ1v) is 16.5. The van der Waals surface area contributed by atoms with Gasteiger partial charge in [-0.15, -0.1) is 5.10 Å². The van der Waals surface area contributed by atoms with Crippen molar-refractivity contribution in [2.45, 2.75) is 32.0 Å². The third-order valence-electron chi connectivity index (χ3n) is 8.31. The van der Waals surface area contributed by atoms with Gasteiger partial charge in [0.2, 0.25) is 11.8 Å². The lowest BCUT2D eigenvalue weighted by molar-refractivity contribution is -0.136. The van der Waals surface area contributed by atoms with Crippen molar-refractivity contribution in [2.24, 2.45) is 0 Å². The van der Waals surface area contributed by atoms with Crippen LogP contribution in [0.2, 0.25) is 10.0 Å². The second kappa shape index (κ2) is 15.3. The lowest BCUT2D eigenvalue weighted by atomic mass is 10.00. The monoisotopic (exact) mass is 720 g/mol. The van der Waals surface area contributed by atoms with Crippen LogP contribution in [0.4, 0.5) is 0 Å². The maximum absolute atomic E-state index is 13.4. The molecule has 4 aromatic heterocycles. The average molecular weight is 722 g/mol. The first-order chi connectivity index (χ1) is 24.2. The number of hydrogen-bond donors (Lipinski definition) is 4. The smallest absolute Gasteiger partial charge is 0.317 e. The number of carbonyl (C=O) groups excluding carboxylic acids is 1. The topological polar surface area (TPSA) is 174 Å². The number of hydrogen-bond acceptors (Lipinski definition) is 10. The molecule has 0 spiro atoms. The number of carbonyl (C=O) groups is 2. The number of rotatable bonds is 14. The van der Waals surface area contributed by atoms with E-state index >= 15 is 0 Å². The maximum atomic E-state index is 13.4. The minimum atomic E-state index is -1.00. The summed E-state index contributed by atoms with van der Waals surface area (Å²) in [5, 5.41) is 23.1. The Bertz CT molecular complexity index is 2140. The molecule has 14 nitrogen and oxygen atoms in total. The average Bonchev–Trinajstić information content (AvgIpc) is 3.73. The maximum Gasteiger partial charge on any atom is 0.317 e. The summed E-state index contributed by atoms with van der Waals surface area (Å²) in [7, 11) is 2.96. The van der Waals surface area contributed by atoms with Gasteiger partial charge in [0, 0.05) is 78.9 Å². The van der Waals surface area contributed by atoms with E-state index in [2.05, 4.69) is 26.0 Å². The van der Waals surface area contributed by atoms with Crippen molar-refractivity contribution in [1.29, 1.82) is 0 Å². The molecule has 5 aromatic rings. The van der Waals surface area contributed by atoms with Gasteiger partial charge in [-0.3, -0.25) is 23.9 Å². The quantitative estimate of drug-likeness (QED) is 0.123. The molecule has 1 amide bonds. The van der Waals surface area contributed by atoms with Crippen molar-refractivity contribution in [1.82, 2.24) is 40.1 Å². The second-order valence-corrected chi connectivity index (χ2v) is 12.3. The van der Waals surface area contributed by atoms with Gasteiger partial charge >= 0.3 is 12.0 Å². The number of aliphatic carboxylic acids is 1. The Kier molecular flexibility index (Phi) is 10.6. The zero-order valence-electron chi connectivity index (χ0n) is 27.2. The molecule has 5 heterocycles. The number of carboxylic acid groups (broad SMARTS) is 1. The van der Waals surface area contributed by atoms with E-state index in [0.29, 0.717) is 69.1 Å². The molecule has 0 bridgehead atoms. The first kappa shape index (κ1) is 34.8. The highest BCUT2D eigenvalue weighted by atomic mass is 35.5. The molecular weight excluding hydrogens is 687 g/mol. The summed E-state index contributed by atoms with van der Waals surface area (Å²) in [6, 6.07) is 13.0. The van der Waals surface area contributed by atoms with Gasteiger partial charge in [0.15, 0.2) is 0 Å². The molecule has 1 fully saturated rings. The molecule has 1 saturated heterocycles. The van der Waals surface area contributed by atoms with Gasteiger partial charge in [0.1, 0.15) is 5.52 Å². The number of halogens is 2. The molecule has 16 heteroatoms. The van der Waals surface area contributed by atoms with Crippen molar-refractivity contribution in [3.8, 4) is 45.5 Å². The predicted molar refractivity (Wildman–Crippen MR) is 188 cm³/mol. The Morgan fingerprint density at radius 3 is 2.60 bits per heavy atom. The van der Waals surface area contributed by atoms with Crippen LogP contribution in [-0.2, 0) is 22.7 Å². The lowest BCUT2D eigenvalue weighted by Crippen LogP contribution is -2.35. The molecule has 4 N–H and O–H groups in total. The third-order valence-corrected chi connectivity index (χ3v) is 9.10. The van der Waals surface area contributed by atoms with Gasteiger partial charge in [0.05, 0.1) is 42.2 Å². The van der Waals surface area contributed by atoms with Gasteiger partial charge in [-0.2, -0.15) is 0 Å². The third kappa shape index (κ3) is 7.28. The number of carboxylic acids is 1. The molecule has 260 valence electrons. The molecular formula is C34H34Cl2N8O6. The van der Waals surface area contributed by atoms with Crippen LogP contribution in [0.25, 0.3) is 39.2 Å². The molecule has 0 unspecified atom stereocenters. The van der Waals surface area contributed by atoms with E-state index in [4.69, 9.17) is 42.8 Å². The molecule has 0 radical (unpaired) electrons. The Balaban J connectivity index is 1.27. The van der Waals surface area contributed by atoms with E-state index in [9.17, 15) is 14.4 Å². The fourth-order valence-corrected chi connectivity index (χ4v) is 6.51. The summed E-state index contributed by atoms with van der Waals surface area (Å²) >= 11 is 14.0. The van der Waals surface area contributed by atoms with E-state index in [1.165, 1.54) is 16.2 Å². The molecule has 1 aliphatic heterocycles. The standard InChI is InChI=1S/C34H34Cl2N8O6/c1-49-32-19(15-38-16-21-7-9-27(45)40-21)6-8-25(41-32)24-5-3-4-22(29(24)35)23-10-11-39-31(30(23)36)20-14-26-33(48)43(13-12-37-17-28(46)47)34(50-2)42-44(26)18-20/h3-6,8,10-11,14,18,21,37-38H,7,9,12-13,15-17H2,1-2H3,(H,40,45)(H,46,47)/t21-/m0/s1. The zero-order chi connectivity index (χ0) is 35.4. The van der Waals surface area contributed by atoms with Gasteiger partial charge in [-0.25, -0.2) is 9.50 Å². The summed E-state index contributed by atoms with van der Waals surface area (Å²) < 4.78 is 13.7. The zero-order valence-corrected chi connectivity index (χ0v) is 28.7. The van der Waals surface area contributed by atoms with Crippen LogP contribution in [0, 0.1) is 0 Å². The number of fused-ring (bicyclic) bond motifs is 1. The van der Waals surface area contributed by atoms with Crippen molar-refractivity contribution in [3.63, 3.8) is 0 Å². The predicted octanol–water partition coefficient (Wildman–Crippen LogP) is 3.65. The van der Waals surface area contributed by atoms with Gasteiger partial charge in [-0.1, -0.05) is 47.5 Å². The Hall–Kier alpha value is -5.02. The molecule has 50 heavy (non-hydrogen) atoms. The van der Waals surface area contributed by atoms with E-state index in [0.717, 1.165) is 12.0 Å². The van der Waals surface area contributed by atoms with E-state index in [-0.39, 0.29) is 48.7 Å². The summed E-state index contributed by atoms with van der Waals surface area (Å²) in [6.45, 7) is 1.28. The molecule has 1 atom stereocenters. The van der Waals surface area contributed by atoms with E-state index in [1.54, 1.807) is 31.6 Å². The second-order valence-electron chi connectivity index (χ2n) is 11.6. The number of benzene rings is 1. The van der Waals surface area contributed by atoms with Crippen LogP contribution in [0.5, 0.6) is 11.9 Å². The molecule has 0 saturated carbocycles. The minimum Gasteiger partial charge on any atom is -0.481 e. The molecule has 6 rings (SSSR count). The first-order valence-electron chi connectivity index (χ1n) is 15.8. The van der Waals surface area contributed by atoms with Crippen LogP contribution in [-0.4, -0.2) is 81.0 Å². The SMILES string of the molecule is COc1nc(-c2cccc(-c3ccnc(-c4cc5c(=O)n(CCNCC(=O)O)c(OC)nn5c4)c3Cl)c2Cl)ccc1CNC[C@@H]1CCC(=O)N1. The number of nitrogens with one attached hydrogen (secondary N) is 3. The molecule has 1 aromatic carbocycles. The number of pyridine rings is 2. The number of ether oxygens (including phenoxy) is 2. The number of nitrogens with zero attached hydrogens (tertiary/aromatic N) is 5. The van der Waals surface area contributed by atoms with Crippen LogP contribution < -0.4 is 31.0 Å². The highest BCUT2D eigenvalue weighted by Crippen LogP contribution is 2.41. The van der Waals surface area contributed by atoms with Crippen molar-refractivity contribution in [3.05, 3.63) is 80.8 Å². The Morgan fingerprint density at radius 1 is 1.06 bits per heavy atom. The van der Waals surface area contributed by atoms with Crippen LogP contribution in [0.3, 0.4) is 0 Å². The molecule has 0 aliphatic carbocycles. The number of aromatic nitrogens is 5. The van der Waals surface area contributed by atoms with E-state index < -0.39 is 5.97 Å². The summed E-state index contributed by atoms with van der Waals surface area (Å²) in [5.41, 5.74) is 4.26. The van der Waals surface area contributed by atoms with Gasteiger partial charge in [-0.05, 0) is 24.6 Å². The van der Waals surface area contributed by atoms with Crippen molar-refractivity contribution < 1.29 is 24.2 Å². The fraction of sp³-hybridized carbons (Fsp3) is 0.294. The van der Waals surface area contributed by atoms with Gasteiger partial charge in [0.25, 0.3) is 5.56 Å². The Labute approximate surface area is 296 Å². The van der Waals surface area contributed by atoms with Crippen molar-refractivity contribution >= 4 is 40.6 Å². The highest BCUT2D eigenvalue weighted by Gasteiger charge is 2.22. The number of methoxy groups -OCH3 is 2. The van der Waals surface area contributed by atoms with E-state index in [1.807, 2.05) is 30.3 Å². The van der Waals surface area contributed by atoms with Gasteiger partial charge < -0.3 is 30.5 Å². The summed E-state index contributed by atoms with van der Waals surface area (Å²) in [6.07, 6.45) is 4.61. The fourth-order valence-electron chi connectivity index (χ4n) is 5.86. The van der Waals surface area contributed by atoms with Crippen LogP contribution in [0.1, 0.15) is 18.4 Å². The summed E-state index contributed by atoms with van der Waals surface area (Å²) in [5.74, 6) is -0.469. The van der Waals surface area contributed by atoms with Crippen molar-refractivity contribution in [2.75, 3.05) is 33.9 Å². The van der Waals surface area contributed by atoms with Crippen LogP contribution in [0.15, 0.2) is 59.7 Å². The minimum absolute atomic E-state index is 0.0618. The Morgan fingerprint density at radius 2 is 1.86 bits per heavy atom. The normalized spacial score (nSPS) is 14.2. The largest absolute Gasteiger partial charge is 0.481 e. The van der Waals surface area contributed by atoms with Crippen LogP contribution >= 0.6 is 23.2 Å². The lowest BCUT2D eigenvalue weighted by Gasteiger charge is -2.15. The molecule has 1 aliphatic rings. The summed E-state index contributed by atoms with van der Waals surface area (Å²) in [4.78, 5) is 45.0. The highest BCUT2D eigenvalue weighted by molar-refractivity contribution is 6.39.